The number of Topliss-reactive ketones (excluding diaryl/α,β-unsaturated/α-hetero) is 1. The first kappa shape index (κ1) is 55.2. The number of rotatable bonds is 14. The van der Waals surface area contributed by atoms with Gasteiger partial charge in [0.1, 0.15) is 23.6 Å². The Morgan fingerprint density at radius 3 is 1.97 bits per heavy atom. The fourth-order valence-corrected chi connectivity index (χ4v) is 12.2. The third-order valence-corrected chi connectivity index (χ3v) is 15.2. The summed E-state index contributed by atoms with van der Waals surface area (Å²) in [5.41, 5.74) is -4.02. The van der Waals surface area contributed by atoms with E-state index in [2.05, 4.69) is 50.8 Å². The zero-order valence-corrected chi connectivity index (χ0v) is 43.8. The molecule has 0 amide bonds. The summed E-state index contributed by atoms with van der Waals surface area (Å²) in [4.78, 5) is 31.2. The molecule has 0 saturated carbocycles. The summed E-state index contributed by atoms with van der Waals surface area (Å²) < 4.78 is 60.5. The second kappa shape index (κ2) is 21.7. The molecule has 0 aromatic heterocycles. The highest BCUT2D eigenvalue weighted by Gasteiger charge is 2.55. The molecule has 0 aromatic rings. The zero-order chi connectivity index (χ0) is 47.5. The monoisotopic (exact) mass is 918 g/mol. The summed E-state index contributed by atoms with van der Waals surface area (Å²) >= 11 is 0. The van der Waals surface area contributed by atoms with Crippen LogP contribution in [0.5, 0.6) is 0 Å². The minimum atomic E-state index is -2.20. The maximum absolute atomic E-state index is 14.6. The molecule has 3 aliphatic rings. The van der Waals surface area contributed by atoms with Crippen molar-refractivity contribution >= 4 is 28.4 Å². The molecule has 3 fully saturated rings. The van der Waals surface area contributed by atoms with E-state index in [1.165, 1.54) is 6.92 Å². The summed E-state index contributed by atoms with van der Waals surface area (Å²) in [6.07, 6.45) is -4.86. The first-order valence-corrected chi connectivity index (χ1v) is 29.8. The Morgan fingerprint density at radius 1 is 0.855 bits per heavy atom. The van der Waals surface area contributed by atoms with Gasteiger partial charge in [0.05, 0.1) is 60.4 Å². The van der Waals surface area contributed by atoms with E-state index in [0.717, 1.165) is 0 Å². The summed E-state index contributed by atoms with van der Waals surface area (Å²) in [6.45, 7) is 35.0. The predicted molar refractivity (Wildman–Crippen MR) is 245 cm³/mol. The minimum Gasteiger partial charge on any atom is -0.459 e. The van der Waals surface area contributed by atoms with Crippen LogP contribution >= 0.6 is 0 Å². The number of cyclic esters (lactones) is 1. The molecule has 18 atom stereocenters. The predicted octanol–water partition coefficient (Wildman–Crippen LogP) is 6.71. The number of carbonyl (C=O) groups is 2. The van der Waals surface area contributed by atoms with Gasteiger partial charge in [-0.25, -0.2) is 0 Å². The van der Waals surface area contributed by atoms with E-state index >= 15 is 0 Å². The van der Waals surface area contributed by atoms with Gasteiger partial charge in [-0.05, 0) is 114 Å². The van der Waals surface area contributed by atoms with Crippen molar-refractivity contribution in [3.05, 3.63) is 12.7 Å². The Bertz CT molecular complexity index is 1470. The van der Waals surface area contributed by atoms with Gasteiger partial charge in [-0.15, -0.1) is 6.58 Å². The van der Waals surface area contributed by atoms with Crippen LogP contribution in [0.4, 0.5) is 0 Å². The van der Waals surface area contributed by atoms with E-state index in [1.54, 1.807) is 40.9 Å². The smallest absolute Gasteiger partial charge is 0.311 e. The molecule has 362 valence electrons. The molecule has 14 nitrogen and oxygen atoms in total. The molecule has 0 unspecified atom stereocenters. The van der Waals surface area contributed by atoms with Crippen LogP contribution in [-0.4, -0.2) is 156 Å². The molecule has 3 rings (SSSR count). The van der Waals surface area contributed by atoms with Gasteiger partial charge in [0.2, 0.25) is 0 Å². The molecule has 0 aliphatic carbocycles. The fraction of sp³-hybridized carbons (Fsp3) is 0.913. The van der Waals surface area contributed by atoms with Gasteiger partial charge < -0.3 is 57.1 Å². The lowest BCUT2D eigenvalue weighted by molar-refractivity contribution is -0.317. The van der Waals surface area contributed by atoms with Crippen LogP contribution in [0.3, 0.4) is 0 Å². The second-order valence-corrected chi connectivity index (χ2v) is 30.4. The molecule has 0 aromatic carbocycles. The molecule has 0 radical (unpaired) electrons. The Balaban J connectivity index is 2.34. The lowest BCUT2D eigenvalue weighted by Gasteiger charge is -2.51. The topological polar surface area (TPSA) is 161 Å². The Hall–Kier alpha value is -1.13. The fourth-order valence-electron chi connectivity index (χ4n) is 9.88. The Kier molecular flexibility index (Phi) is 19.3. The minimum absolute atomic E-state index is 0.0534. The maximum atomic E-state index is 14.6. The number of hydrogen-bond acceptors (Lipinski definition) is 14. The van der Waals surface area contributed by atoms with Crippen LogP contribution in [0, 0.1) is 23.7 Å². The highest BCUT2D eigenvalue weighted by molar-refractivity contribution is 6.70. The van der Waals surface area contributed by atoms with E-state index in [9.17, 15) is 19.8 Å². The average molecular weight is 918 g/mol. The highest BCUT2D eigenvalue weighted by atomic mass is 28.4. The normalized spacial score (nSPS) is 43.5. The van der Waals surface area contributed by atoms with Crippen molar-refractivity contribution < 1.29 is 61.8 Å². The molecule has 0 spiro atoms. The molecule has 3 aliphatic heterocycles. The van der Waals surface area contributed by atoms with Gasteiger partial charge in [0.15, 0.2) is 29.2 Å². The van der Waals surface area contributed by atoms with Crippen LogP contribution in [0.1, 0.15) is 94.9 Å². The van der Waals surface area contributed by atoms with E-state index < -0.39 is 112 Å². The number of methoxy groups -OCH3 is 1. The number of nitrogens with zero attached hydrogens (tertiary/aromatic N) is 1. The van der Waals surface area contributed by atoms with Crippen LogP contribution in [-0.2, 0) is 51.6 Å². The average Bonchev–Trinajstić information content (AvgIpc) is 3.16. The summed E-state index contributed by atoms with van der Waals surface area (Å²) in [7, 11) is 1.47. The van der Waals surface area contributed by atoms with Gasteiger partial charge in [0.25, 0.3) is 0 Å². The Morgan fingerprint density at radius 2 is 1.45 bits per heavy atom. The number of aliphatic hydroxyl groups is 2. The van der Waals surface area contributed by atoms with Crippen LogP contribution in [0.2, 0.25) is 39.3 Å². The standard InChI is InChI=1S/C46H87NO13Si2/c1-21-23-53-45(10)25-27(3)36(48)29(5)39(49)46(11,51)34(22-2)56-42(50)31(7)37(57-35-26-44(9,52-14)41(32(8)55-35)60-62(18,19)20)30(6)40(45)58-43-38(59-61(15,16)17)33(47(12)13)24-28(4)54-43/h21,27-35,37-41,43,49,51H,1,22-26H2,2-20H3/t27-,28-,29+,30+,31-,32+,33+,34-,35+,37+,38-,39-,40-,41+,43+,44+,45-,46-/m1/s1. The molecular weight excluding hydrogens is 831 g/mol. The first-order chi connectivity index (χ1) is 28.4. The molecule has 62 heavy (non-hydrogen) atoms. The molecule has 16 heteroatoms. The Labute approximate surface area is 376 Å². The number of ketones is 1. The van der Waals surface area contributed by atoms with E-state index in [0.29, 0.717) is 6.42 Å². The van der Waals surface area contributed by atoms with Gasteiger partial charge in [-0.2, -0.15) is 0 Å². The number of hydrogen-bond donors (Lipinski definition) is 2. The SMILES string of the molecule is C=CCO[C@]1(C)C[C@@H](C)C(=O)[C@H](C)[C@@H](O)[C@](C)(O)[C@@H](CC)OC(=O)[C@H](C)[C@@H](O[C@H]2C[C@](C)(OC)[C@@H](O[Si](C)(C)C)[C@H](C)O2)[C@H](C)[C@H]1O[C@@H]1O[C@H](C)C[C@H](N(C)C)[C@H]1O[Si](C)(C)C. The number of aliphatic hydroxyl groups excluding tert-OH is 1. The van der Waals surface area contributed by atoms with Crippen LogP contribution in [0.25, 0.3) is 0 Å². The lowest BCUT2D eigenvalue weighted by Crippen LogP contribution is -2.63. The molecule has 3 heterocycles. The maximum Gasteiger partial charge on any atom is 0.311 e. The van der Waals surface area contributed by atoms with Crippen molar-refractivity contribution in [2.24, 2.45) is 23.7 Å². The molecular formula is C46H87NO13Si2. The van der Waals surface area contributed by atoms with Crippen molar-refractivity contribution in [1.29, 1.82) is 0 Å². The van der Waals surface area contributed by atoms with Gasteiger partial charge in [0, 0.05) is 37.3 Å². The van der Waals surface area contributed by atoms with Crippen molar-refractivity contribution in [2.45, 2.75) is 218 Å². The third-order valence-electron chi connectivity index (χ3n) is 13.2. The van der Waals surface area contributed by atoms with Gasteiger partial charge in [-0.3, -0.25) is 9.59 Å². The molecule has 0 bridgehead atoms. The molecule has 2 N–H and O–H groups in total. The highest BCUT2D eigenvalue weighted by Crippen LogP contribution is 2.43. The van der Waals surface area contributed by atoms with E-state index in [-0.39, 0.29) is 49.9 Å². The first-order valence-electron chi connectivity index (χ1n) is 22.9. The van der Waals surface area contributed by atoms with Crippen molar-refractivity contribution in [3.63, 3.8) is 0 Å². The number of likely N-dealkylation sites (N-methyl/N-ethyl adjacent to an activating group) is 1. The van der Waals surface area contributed by atoms with E-state index in [1.807, 2.05) is 48.7 Å². The quantitative estimate of drug-likeness (QED) is 0.107. The number of carbonyl (C=O) groups excluding carboxylic acids is 2. The van der Waals surface area contributed by atoms with E-state index in [4.69, 9.17) is 42.0 Å². The zero-order valence-electron chi connectivity index (χ0n) is 41.8. The second-order valence-electron chi connectivity index (χ2n) is 21.4. The summed E-state index contributed by atoms with van der Waals surface area (Å²) in [5.74, 6) is -4.29. The number of esters is 1. The largest absolute Gasteiger partial charge is 0.459 e. The van der Waals surface area contributed by atoms with Crippen LogP contribution in [0.15, 0.2) is 12.7 Å². The van der Waals surface area contributed by atoms with Crippen molar-refractivity contribution in [2.75, 3.05) is 27.8 Å². The summed E-state index contributed by atoms with van der Waals surface area (Å²) in [5, 5.41) is 23.6. The van der Waals surface area contributed by atoms with Crippen LogP contribution < -0.4 is 0 Å². The van der Waals surface area contributed by atoms with Gasteiger partial charge in [-0.1, -0.05) is 33.8 Å². The van der Waals surface area contributed by atoms with Crippen molar-refractivity contribution in [1.82, 2.24) is 4.90 Å². The third kappa shape index (κ3) is 13.5. The lowest BCUT2D eigenvalue weighted by atomic mass is 9.73. The van der Waals surface area contributed by atoms with Gasteiger partial charge >= 0.3 is 5.97 Å². The number of ether oxygens (including phenoxy) is 7. The van der Waals surface area contributed by atoms with Crippen molar-refractivity contribution in [3.8, 4) is 0 Å². The summed E-state index contributed by atoms with van der Waals surface area (Å²) in [6, 6.07) is -0.0534. The molecule has 3 saturated heterocycles.